The number of nitrogens with zero attached hydrogens (tertiary/aromatic N) is 2. The third-order valence-electron chi connectivity index (χ3n) is 6.79. The lowest BCUT2D eigenvalue weighted by Crippen LogP contribution is -2.39. The third-order valence-corrected chi connectivity index (χ3v) is 9.18. The van der Waals surface area contributed by atoms with E-state index in [-0.39, 0.29) is 12.2 Å². The van der Waals surface area contributed by atoms with Gasteiger partial charge in [-0.25, -0.2) is 9.79 Å². The number of hydrogen-bond donors (Lipinski definition) is 0. The van der Waals surface area contributed by atoms with Crippen molar-refractivity contribution in [2.45, 2.75) is 33.4 Å². The van der Waals surface area contributed by atoms with Crippen molar-refractivity contribution in [3.05, 3.63) is 122 Å². The molecular weight excluding hydrogens is 731 g/mol. The molecule has 4 aromatic rings. The number of aryl methyl sites for hydroxylation is 1. The van der Waals surface area contributed by atoms with Crippen molar-refractivity contribution in [2.75, 3.05) is 13.7 Å². The molecule has 10 heteroatoms. The predicted octanol–water partition coefficient (Wildman–Crippen LogP) is 6.06. The van der Waals surface area contributed by atoms with Crippen molar-refractivity contribution in [2.24, 2.45) is 4.99 Å². The fourth-order valence-corrected chi connectivity index (χ4v) is 6.51. The van der Waals surface area contributed by atoms with Crippen molar-refractivity contribution in [3.8, 4) is 11.5 Å². The van der Waals surface area contributed by atoms with Crippen molar-refractivity contribution >= 4 is 61.9 Å². The normalized spacial score (nSPS) is 14.8. The first-order valence-electron chi connectivity index (χ1n) is 13.2. The molecule has 0 amide bonds. The third kappa shape index (κ3) is 6.25. The Morgan fingerprint density at radius 1 is 1.10 bits per heavy atom. The number of carbonyl (C=O) groups excluding carboxylic acids is 1. The first-order chi connectivity index (χ1) is 20.2. The summed E-state index contributed by atoms with van der Waals surface area (Å²) < 4.78 is 21.0. The highest BCUT2D eigenvalue weighted by Crippen LogP contribution is 2.35. The van der Waals surface area contributed by atoms with E-state index in [1.807, 2.05) is 67.6 Å². The summed E-state index contributed by atoms with van der Waals surface area (Å²) in [6.07, 6.45) is 1.80. The van der Waals surface area contributed by atoms with Gasteiger partial charge in [0.1, 0.15) is 6.61 Å². The topological polar surface area (TPSA) is 79.1 Å². The summed E-state index contributed by atoms with van der Waals surface area (Å²) in [4.78, 5) is 32.2. The van der Waals surface area contributed by atoms with Crippen LogP contribution in [0.2, 0.25) is 0 Å². The van der Waals surface area contributed by atoms with Crippen LogP contribution in [-0.4, -0.2) is 24.3 Å². The molecule has 1 aliphatic rings. The number of benzene rings is 3. The maximum Gasteiger partial charge on any atom is 0.338 e. The van der Waals surface area contributed by atoms with Crippen LogP contribution in [0.25, 0.3) is 6.08 Å². The number of methoxy groups -OCH3 is 1. The molecule has 2 heterocycles. The van der Waals surface area contributed by atoms with Crippen LogP contribution in [0.15, 0.2) is 86.2 Å². The Balaban J connectivity index is 1.57. The van der Waals surface area contributed by atoms with Gasteiger partial charge in [-0.2, -0.15) is 0 Å². The molecule has 0 radical (unpaired) electrons. The van der Waals surface area contributed by atoms with Crippen LogP contribution >= 0.6 is 49.9 Å². The maximum absolute atomic E-state index is 14.0. The molecule has 216 valence electrons. The van der Waals surface area contributed by atoms with Crippen molar-refractivity contribution < 1.29 is 19.0 Å². The minimum Gasteiger partial charge on any atom is -0.493 e. The maximum atomic E-state index is 14.0. The largest absolute Gasteiger partial charge is 0.493 e. The highest BCUT2D eigenvalue weighted by molar-refractivity contribution is 14.1. The van der Waals surface area contributed by atoms with E-state index in [2.05, 4.69) is 43.5 Å². The van der Waals surface area contributed by atoms with Gasteiger partial charge in [-0.1, -0.05) is 69.2 Å². The Morgan fingerprint density at radius 2 is 1.81 bits per heavy atom. The van der Waals surface area contributed by atoms with Crippen LogP contribution in [0.3, 0.4) is 0 Å². The molecule has 0 spiro atoms. The molecule has 5 rings (SSSR count). The average molecular weight is 759 g/mol. The van der Waals surface area contributed by atoms with E-state index in [1.54, 1.807) is 31.6 Å². The van der Waals surface area contributed by atoms with Gasteiger partial charge in [0.2, 0.25) is 0 Å². The first kappa shape index (κ1) is 30.2. The Hall–Kier alpha value is -3.22. The lowest BCUT2D eigenvalue weighted by molar-refractivity contribution is -0.139. The molecule has 1 aromatic heterocycles. The molecule has 0 aliphatic carbocycles. The molecule has 0 saturated carbocycles. The summed E-state index contributed by atoms with van der Waals surface area (Å²) in [5, 5.41) is 0. The van der Waals surface area contributed by atoms with Crippen LogP contribution in [0.1, 0.15) is 42.1 Å². The lowest BCUT2D eigenvalue weighted by atomic mass is 9.95. The SMILES string of the molecule is CCOC(=O)C1=C(C)N=c2s/c(=C/c3cc(OC)c(OCc4ccc(I)cc4)cc3Br)c(=O)n2[C@@H]1c1ccc(C)cc1. The fraction of sp³-hybridized carbons (Fsp3) is 0.219. The molecular formula is C32H28BrIN2O5S. The van der Waals surface area contributed by atoms with E-state index in [9.17, 15) is 9.59 Å². The Morgan fingerprint density at radius 3 is 2.48 bits per heavy atom. The summed E-state index contributed by atoms with van der Waals surface area (Å²) >= 11 is 7.19. The Kier molecular flexibility index (Phi) is 9.34. The van der Waals surface area contributed by atoms with Crippen LogP contribution in [0.4, 0.5) is 0 Å². The summed E-state index contributed by atoms with van der Waals surface area (Å²) in [6.45, 7) is 6.14. The fourth-order valence-electron chi connectivity index (χ4n) is 4.67. The van der Waals surface area contributed by atoms with Gasteiger partial charge >= 0.3 is 5.97 Å². The van der Waals surface area contributed by atoms with Crippen LogP contribution in [0, 0.1) is 10.5 Å². The first-order valence-corrected chi connectivity index (χ1v) is 15.9. The van der Waals surface area contributed by atoms with Crippen molar-refractivity contribution in [1.82, 2.24) is 4.57 Å². The number of aromatic nitrogens is 1. The minimum atomic E-state index is -0.655. The Bertz CT molecular complexity index is 1860. The molecule has 0 N–H and O–H groups in total. The quantitative estimate of drug-likeness (QED) is 0.161. The second-order valence-corrected chi connectivity index (χ2v) is 12.8. The van der Waals surface area contributed by atoms with Crippen LogP contribution in [-0.2, 0) is 16.1 Å². The second-order valence-electron chi connectivity index (χ2n) is 9.65. The number of allylic oxidation sites excluding steroid dienone is 1. The molecule has 1 atom stereocenters. The number of rotatable bonds is 8. The van der Waals surface area contributed by atoms with Crippen molar-refractivity contribution in [1.29, 1.82) is 0 Å². The smallest absolute Gasteiger partial charge is 0.338 e. The monoisotopic (exact) mass is 758 g/mol. The highest BCUT2D eigenvalue weighted by Gasteiger charge is 2.33. The lowest BCUT2D eigenvalue weighted by Gasteiger charge is -2.24. The zero-order valence-corrected chi connectivity index (χ0v) is 28.0. The number of thiazole rings is 1. The predicted molar refractivity (Wildman–Crippen MR) is 176 cm³/mol. The molecule has 7 nitrogen and oxygen atoms in total. The van der Waals surface area contributed by atoms with Gasteiger partial charge in [-0.3, -0.25) is 9.36 Å². The highest BCUT2D eigenvalue weighted by atomic mass is 127. The number of halogens is 2. The van der Waals surface area contributed by atoms with E-state index in [1.165, 1.54) is 11.3 Å². The molecule has 3 aromatic carbocycles. The molecule has 0 fully saturated rings. The van der Waals surface area contributed by atoms with Gasteiger partial charge in [-0.05, 0) is 90.4 Å². The second kappa shape index (κ2) is 13.0. The van der Waals surface area contributed by atoms with Crippen LogP contribution < -0.4 is 24.4 Å². The van der Waals surface area contributed by atoms with E-state index in [0.29, 0.717) is 38.7 Å². The molecule has 42 heavy (non-hydrogen) atoms. The van der Waals surface area contributed by atoms with E-state index in [4.69, 9.17) is 14.2 Å². The number of esters is 1. The zero-order valence-electron chi connectivity index (χ0n) is 23.4. The molecule has 0 bridgehead atoms. The van der Waals surface area contributed by atoms with Gasteiger partial charge < -0.3 is 14.2 Å². The number of carbonyl (C=O) groups is 1. The summed E-state index contributed by atoms with van der Waals surface area (Å²) in [5.41, 5.74) is 4.31. The van der Waals surface area contributed by atoms with Gasteiger partial charge in [0.25, 0.3) is 5.56 Å². The average Bonchev–Trinajstić information content (AvgIpc) is 3.27. The summed E-state index contributed by atoms with van der Waals surface area (Å²) in [5.74, 6) is 0.642. The summed E-state index contributed by atoms with van der Waals surface area (Å²) in [7, 11) is 1.58. The summed E-state index contributed by atoms with van der Waals surface area (Å²) in [6, 6.07) is 18.9. The van der Waals surface area contributed by atoms with Crippen LogP contribution in [0.5, 0.6) is 11.5 Å². The number of fused-ring (bicyclic) bond motifs is 1. The van der Waals surface area contributed by atoms with Gasteiger partial charge in [0, 0.05) is 8.04 Å². The van der Waals surface area contributed by atoms with E-state index >= 15 is 0 Å². The number of hydrogen-bond acceptors (Lipinski definition) is 7. The molecule has 1 aliphatic heterocycles. The van der Waals surface area contributed by atoms with E-state index in [0.717, 1.165) is 30.3 Å². The van der Waals surface area contributed by atoms with Gasteiger partial charge in [0.15, 0.2) is 16.3 Å². The molecule has 0 unspecified atom stereocenters. The van der Waals surface area contributed by atoms with Gasteiger partial charge in [-0.15, -0.1) is 0 Å². The number of ether oxygens (including phenoxy) is 3. The Labute approximate surface area is 269 Å². The molecule has 0 saturated heterocycles. The van der Waals surface area contributed by atoms with Gasteiger partial charge in [0.05, 0.1) is 35.6 Å². The van der Waals surface area contributed by atoms with E-state index < -0.39 is 12.0 Å². The zero-order chi connectivity index (χ0) is 30.0. The minimum absolute atomic E-state index is 0.223. The standard InChI is InChI=1S/C32H28BrIN2O5S/c1-5-40-31(38)28-19(3)35-32-36(29(28)21-10-6-18(2)7-11-21)30(37)27(42-32)15-22-14-25(39-4)26(16-24(22)33)41-17-20-8-12-23(34)13-9-20/h6-16,29H,5,17H2,1-4H3/b27-15+/t29-/m1/s1. The van der Waals surface area contributed by atoms with Crippen molar-refractivity contribution in [3.63, 3.8) is 0 Å².